The number of aromatic nitrogens is 1. The molecular formula is C36H46N4O6. The van der Waals surface area contributed by atoms with Crippen molar-refractivity contribution in [2.75, 3.05) is 19.7 Å². The molecule has 1 saturated heterocycles. The standard InChI is InChI=1S/C36H46N4O6/c1-7-45-31(42)29-23-13-8-10-14-25(23)36(16-18-37-19-17-36)30(29)28(41)20-27(24-21-38-26-15-11-9-12-22(24)26)39-32(43)35(5,6)40-33(44)46-34(2,3)4/h8-15,21,27,29-30,37-38H,7,16-20H2,1-6H3,(H,39,43)(H,40,44)/t27?,29?,30-/m1/s1. The summed E-state index contributed by atoms with van der Waals surface area (Å²) in [5, 5.41) is 10.0. The van der Waals surface area contributed by atoms with Gasteiger partial charge in [0.1, 0.15) is 16.9 Å². The van der Waals surface area contributed by atoms with Crippen LogP contribution in [0.3, 0.4) is 0 Å². The number of carbonyl (C=O) groups excluding carboxylic acids is 4. The second-order valence-electron chi connectivity index (χ2n) is 13.9. The molecule has 4 N–H and O–H groups in total. The number of amides is 2. The number of rotatable bonds is 9. The van der Waals surface area contributed by atoms with E-state index in [9.17, 15) is 19.2 Å². The van der Waals surface area contributed by atoms with E-state index in [4.69, 9.17) is 9.47 Å². The van der Waals surface area contributed by atoms with Gasteiger partial charge < -0.3 is 30.4 Å². The number of hydrogen-bond acceptors (Lipinski definition) is 7. The van der Waals surface area contributed by atoms with Crippen molar-refractivity contribution in [3.63, 3.8) is 0 Å². The van der Waals surface area contributed by atoms with Crippen molar-refractivity contribution in [3.05, 3.63) is 71.4 Å². The number of benzene rings is 2. The molecule has 46 heavy (non-hydrogen) atoms. The van der Waals surface area contributed by atoms with E-state index in [1.807, 2.05) is 54.7 Å². The molecule has 1 aliphatic heterocycles. The van der Waals surface area contributed by atoms with E-state index in [0.29, 0.717) is 12.8 Å². The highest BCUT2D eigenvalue weighted by Crippen LogP contribution is 2.56. The van der Waals surface area contributed by atoms with Crippen LogP contribution in [0.4, 0.5) is 4.79 Å². The van der Waals surface area contributed by atoms with Gasteiger partial charge in [0.25, 0.3) is 0 Å². The second-order valence-corrected chi connectivity index (χ2v) is 13.9. The normalized spacial score (nSPS) is 19.7. The minimum Gasteiger partial charge on any atom is -0.466 e. The van der Waals surface area contributed by atoms with E-state index in [1.54, 1.807) is 41.5 Å². The van der Waals surface area contributed by atoms with Crippen molar-refractivity contribution in [3.8, 4) is 0 Å². The predicted molar refractivity (Wildman–Crippen MR) is 175 cm³/mol. The number of H-pyrrole nitrogens is 1. The summed E-state index contributed by atoms with van der Waals surface area (Å²) in [6, 6.07) is 14.8. The van der Waals surface area contributed by atoms with E-state index in [1.165, 1.54) is 0 Å². The summed E-state index contributed by atoms with van der Waals surface area (Å²) >= 11 is 0. The van der Waals surface area contributed by atoms with Gasteiger partial charge in [-0.3, -0.25) is 14.4 Å². The SMILES string of the molecule is CCOC(=O)C1c2ccccc2C2(CCNCC2)[C@@H]1C(=O)CC(NC(=O)C(C)(C)NC(=O)OC(C)(C)C)c1c[nH]c2ccccc12. The Balaban J connectivity index is 1.52. The molecule has 2 amide bonds. The molecule has 10 nitrogen and oxygen atoms in total. The van der Waals surface area contributed by atoms with E-state index in [-0.39, 0.29) is 18.8 Å². The zero-order valence-corrected chi connectivity index (χ0v) is 27.6. The minimum absolute atomic E-state index is 0.0557. The maximum absolute atomic E-state index is 14.8. The summed E-state index contributed by atoms with van der Waals surface area (Å²) in [6.07, 6.45) is 2.44. The summed E-state index contributed by atoms with van der Waals surface area (Å²) in [5.74, 6) is -2.41. The summed E-state index contributed by atoms with van der Waals surface area (Å²) in [6.45, 7) is 11.9. The lowest BCUT2D eigenvalue weighted by Crippen LogP contribution is -2.56. The van der Waals surface area contributed by atoms with Crippen LogP contribution in [-0.2, 0) is 29.3 Å². The predicted octanol–water partition coefficient (Wildman–Crippen LogP) is 5.19. The van der Waals surface area contributed by atoms with Crippen LogP contribution in [0.5, 0.6) is 0 Å². The topological polar surface area (TPSA) is 139 Å². The van der Waals surface area contributed by atoms with E-state index in [0.717, 1.165) is 40.7 Å². The Kier molecular flexibility index (Phi) is 9.31. The highest BCUT2D eigenvalue weighted by atomic mass is 16.6. The quantitative estimate of drug-likeness (QED) is 0.239. The van der Waals surface area contributed by atoms with Crippen molar-refractivity contribution in [2.45, 2.75) is 89.3 Å². The minimum atomic E-state index is -1.36. The highest BCUT2D eigenvalue weighted by Gasteiger charge is 2.58. The summed E-state index contributed by atoms with van der Waals surface area (Å²) in [5.41, 5.74) is 0.843. The molecule has 5 rings (SSSR count). The highest BCUT2D eigenvalue weighted by molar-refractivity contribution is 5.96. The molecule has 1 aromatic heterocycles. The van der Waals surface area contributed by atoms with Crippen molar-refractivity contribution < 1.29 is 28.7 Å². The van der Waals surface area contributed by atoms with Gasteiger partial charge in [0, 0.05) is 40.4 Å². The van der Waals surface area contributed by atoms with Gasteiger partial charge in [0.15, 0.2) is 0 Å². The first-order valence-corrected chi connectivity index (χ1v) is 16.1. The lowest BCUT2D eigenvalue weighted by molar-refractivity contribution is -0.149. The Hall–Kier alpha value is -4.18. The third-order valence-electron chi connectivity index (χ3n) is 9.23. The van der Waals surface area contributed by atoms with Gasteiger partial charge in [-0.25, -0.2) is 4.79 Å². The van der Waals surface area contributed by atoms with Crippen LogP contribution >= 0.6 is 0 Å². The van der Waals surface area contributed by atoms with Crippen molar-refractivity contribution in [2.24, 2.45) is 5.92 Å². The fraction of sp³-hybridized carbons (Fsp3) is 0.500. The fourth-order valence-corrected chi connectivity index (χ4v) is 7.23. The number of ketones is 1. The third-order valence-corrected chi connectivity index (χ3v) is 9.23. The lowest BCUT2D eigenvalue weighted by atomic mass is 9.64. The van der Waals surface area contributed by atoms with Crippen molar-refractivity contribution in [1.82, 2.24) is 20.9 Å². The molecule has 246 valence electrons. The first-order valence-electron chi connectivity index (χ1n) is 16.1. The zero-order chi connectivity index (χ0) is 33.3. The number of piperidine rings is 1. The van der Waals surface area contributed by atoms with Gasteiger partial charge in [-0.15, -0.1) is 0 Å². The van der Waals surface area contributed by atoms with Crippen LogP contribution in [0.2, 0.25) is 0 Å². The van der Waals surface area contributed by atoms with Crippen LogP contribution in [0.15, 0.2) is 54.7 Å². The average Bonchev–Trinajstić information content (AvgIpc) is 3.54. The Morgan fingerprint density at radius 2 is 1.65 bits per heavy atom. The Bertz CT molecular complexity index is 1610. The van der Waals surface area contributed by atoms with Gasteiger partial charge in [0.2, 0.25) is 5.91 Å². The molecular weight excluding hydrogens is 584 g/mol. The second kappa shape index (κ2) is 12.9. The third kappa shape index (κ3) is 6.54. The number of aromatic amines is 1. The van der Waals surface area contributed by atoms with E-state index < -0.39 is 52.4 Å². The maximum atomic E-state index is 14.8. The number of Topliss-reactive ketones (excluding diaryl/α,β-unsaturated/α-hetero) is 1. The number of esters is 1. The molecule has 0 radical (unpaired) electrons. The van der Waals surface area contributed by atoms with Gasteiger partial charge in [-0.1, -0.05) is 42.5 Å². The number of hydrogen-bond donors (Lipinski definition) is 4. The van der Waals surface area contributed by atoms with E-state index in [2.05, 4.69) is 20.9 Å². The zero-order valence-electron chi connectivity index (χ0n) is 27.6. The largest absolute Gasteiger partial charge is 0.466 e. The first kappa shape index (κ1) is 33.2. The van der Waals surface area contributed by atoms with Crippen LogP contribution in [0, 0.1) is 5.92 Å². The molecule has 0 saturated carbocycles. The van der Waals surface area contributed by atoms with Crippen LogP contribution < -0.4 is 16.0 Å². The summed E-state index contributed by atoms with van der Waals surface area (Å²) in [4.78, 5) is 58.2. The van der Waals surface area contributed by atoms with Gasteiger partial charge >= 0.3 is 12.1 Å². The van der Waals surface area contributed by atoms with Gasteiger partial charge in [-0.2, -0.15) is 0 Å². The molecule has 2 aromatic carbocycles. The molecule has 1 spiro atoms. The summed E-state index contributed by atoms with van der Waals surface area (Å²) in [7, 11) is 0. The number of para-hydroxylation sites is 1. The van der Waals surface area contributed by atoms with E-state index >= 15 is 0 Å². The molecule has 10 heteroatoms. The molecule has 1 fully saturated rings. The van der Waals surface area contributed by atoms with Crippen molar-refractivity contribution in [1.29, 1.82) is 0 Å². The molecule has 1 aliphatic carbocycles. The van der Waals surface area contributed by atoms with Gasteiger partial charge in [0.05, 0.1) is 18.6 Å². The van der Waals surface area contributed by atoms with Crippen LogP contribution in [0.25, 0.3) is 10.9 Å². The molecule has 2 unspecified atom stereocenters. The van der Waals surface area contributed by atoms with Crippen LogP contribution in [-0.4, -0.2) is 59.6 Å². The maximum Gasteiger partial charge on any atom is 0.408 e. The number of ether oxygens (including phenoxy) is 2. The molecule has 3 aromatic rings. The number of nitrogens with one attached hydrogen (secondary N) is 4. The summed E-state index contributed by atoms with van der Waals surface area (Å²) < 4.78 is 11.0. The average molecular weight is 631 g/mol. The smallest absolute Gasteiger partial charge is 0.408 e. The van der Waals surface area contributed by atoms with Crippen molar-refractivity contribution >= 4 is 34.7 Å². The Labute approximate surface area is 270 Å². The lowest BCUT2D eigenvalue weighted by Gasteiger charge is -2.41. The first-order chi connectivity index (χ1) is 21.8. The fourth-order valence-electron chi connectivity index (χ4n) is 7.23. The molecule has 2 heterocycles. The number of alkyl carbamates (subject to hydrolysis) is 1. The number of carbonyl (C=O) groups is 4. The Morgan fingerprint density at radius 3 is 2.35 bits per heavy atom. The van der Waals surface area contributed by atoms with Crippen LogP contribution in [0.1, 0.15) is 89.5 Å². The Morgan fingerprint density at radius 1 is 0.978 bits per heavy atom. The molecule has 0 bridgehead atoms. The molecule has 2 aliphatic rings. The van der Waals surface area contributed by atoms with Gasteiger partial charge in [-0.05, 0) is 84.7 Å². The molecule has 3 atom stereocenters. The number of fused-ring (bicyclic) bond motifs is 3. The monoisotopic (exact) mass is 630 g/mol.